The lowest BCUT2D eigenvalue weighted by atomic mass is 9.98. The molecule has 1 aromatic carbocycles. The highest BCUT2D eigenvalue weighted by Crippen LogP contribution is 2.39. The SMILES string of the molecule is OC1NCc2c(-c3cnc4cc(F)ccn34)ccc(Nc3ccc(N4CCC[C@@H](N5CCOCC5)C4)cn3)c21. The molecule has 9 nitrogen and oxygen atoms in total. The molecule has 6 heterocycles. The van der Waals surface area contributed by atoms with Gasteiger partial charge in [0.1, 0.15) is 23.5 Å². The van der Waals surface area contributed by atoms with Crippen LogP contribution in [0.4, 0.5) is 21.6 Å². The van der Waals surface area contributed by atoms with E-state index in [1.165, 1.54) is 25.0 Å². The summed E-state index contributed by atoms with van der Waals surface area (Å²) in [6.07, 6.45) is 6.96. The number of benzene rings is 1. The van der Waals surface area contributed by atoms with E-state index in [9.17, 15) is 9.50 Å². The van der Waals surface area contributed by atoms with Gasteiger partial charge in [-0.2, -0.15) is 0 Å². The molecular weight excluding hydrogens is 497 g/mol. The first-order chi connectivity index (χ1) is 19.1. The summed E-state index contributed by atoms with van der Waals surface area (Å²) in [5, 5.41) is 17.4. The predicted molar refractivity (Wildman–Crippen MR) is 148 cm³/mol. The Balaban J connectivity index is 1.11. The third-order valence-electron chi connectivity index (χ3n) is 8.19. The smallest absolute Gasteiger partial charge is 0.140 e. The Labute approximate surface area is 226 Å². The van der Waals surface area contributed by atoms with Crippen LogP contribution in [0.5, 0.6) is 0 Å². The molecule has 0 amide bonds. The van der Waals surface area contributed by atoms with Crippen molar-refractivity contribution >= 4 is 22.8 Å². The molecule has 2 saturated heterocycles. The number of aliphatic hydroxyl groups is 1. The van der Waals surface area contributed by atoms with Crippen LogP contribution in [0, 0.1) is 5.82 Å². The van der Waals surface area contributed by atoms with Gasteiger partial charge in [-0.25, -0.2) is 14.4 Å². The van der Waals surface area contributed by atoms with Gasteiger partial charge in [0.25, 0.3) is 0 Å². The molecule has 1 unspecified atom stereocenters. The van der Waals surface area contributed by atoms with E-state index in [0.717, 1.165) is 79.0 Å². The molecule has 3 aliphatic rings. The van der Waals surface area contributed by atoms with Crippen LogP contribution in [0.15, 0.2) is 55.0 Å². The number of halogens is 1. The molecule has 7 rings (SSSR count). The number of rotatable bonds is 5. The van der Waals surface area contributed by atoms with E-state index in [0.29, 0.717) is 18.2 Å². The number of hydrogen-bond acceptors (Lipinski definition) is 8. The number of hydrogen-bond donors (Lipinski definition) is 3. The number of imidazole rings is 1. The summed E-state index contributed by atoms with van der Waals surface area (Å²) in [6, 6.07) is 11.5. The zero-order valence-electron chi connectivity index (χ0n) is 21.7. The zero-order valence-corrected chi connectivity index (χ0v) is 21.7. The molecule has 0 radical (unpaired) electrons. The van der Waals surface area contributed by atoms with Crippen LogP contribution in [-0.4, -0.2) is 69.8 Å². The predicted octanol–water partition coefficient (Wildman–Crippen LogP) is 3.67. The van der Waals surface area contributed by atoms with Crippen LogP contribution < -0.4 is 15.5 Å². The lowest BCUT2D eigenvalue weighted by molar-refractivity contribution is 0.0137. The standard InChI is InChI=1S/C29H32FN7O2/c30-19-7-9-37-25(17-32-27(37)14-19)22-4-5-24(28-23(22)16-33-29(28)38)34-26-6-3-20(15-31-26)36-8-1-2-21(18-36)35-10-12-39-13-11-35/h3-7,9,14-15,17,21,29,33,38H,1-2,8,10-13,16,18H2,(H,31,34)/t21-,29?/m1/s1. The van der Waals surface area contributed by atoms with E-state index in [-0.39, 0.29) is 5.82 Å². The Morgan fingerprint density at radius 3 is 2.79 bits per heavy atom. The summed E-state index contributed by atoms with van der Waals surface area (Å²) in [5.74, 6) is 0.400. The van der Waals surface area contributed by atoms with Crippen LogP contribution in [0.25, 0.3) is 16.9 Å². The van der Waals surface area contributed by atoms with Gasteiger partial charge in [0.15, 0.2) is 0 Å². The topological polar surface area (TPSA) is 90.2 Å². The molecule has 0 spiro atoms. The molecule has 0 saturated carbocycles. The van der Waals surface area contributed by atoms with Gasteiger partial charge < -0.3 is 20.1 Å². The van der Waals surface area contributed by atoms with E-state index in [1.807, 2.05) is 28.8 Å². The molecule has 3 N–H and O–H groups in total. The van der Waals surface area contributed by atoms with Crippen molar-refractivity contribution in [3.05, 3.63) is 71.9 Å². The second-order valence-corrected chi connectivity index (χ2v) is 10.5. The van der Waals surface area contributed by atoms with E-state index in [2.05, 4.69) is 31.5 Å². The number of fused-ring (bicyclic) bond motifs is 2. The number of anilines is 3. The van der Waals surface area contributed by atoms with Gasteiger partial charge in [0.2, 0.25) is 0 Å². The largest absolute Gasteiger partial charge is 0.379 e. The molecule has 0 aliphatic carbocycles. The zero-order chi connectivity index (χ0) is 26.3. The Kier molecular flexibility index (Phi) is 6.40. The van der Waals surface area contributed by atoms with Crippen LogP contribution >= 0.6 is 0 Å². The minimum Gasteiger partial charge on any atom is -0.379 e. The number of nitrogens with zero attached hydrogens (tertiary/aromatic N) is 5. The first kappa shape index (κ1) is 24.5. The summed E-state index contributed by atoms with van der Waals surface area (Å²) < 4.78 is 21.1. The number of aliphatic hydroxyl groups excluding tert-OH is 1. The minimum absolute atomic E-state index is 0.322. The number of aromatic nitrogens is 3. The summed E-state index contributed by atoms with van der Waals surface area (Å²) in [7, 11) is 0. The van der Waals surface area contributed by atoms with Gasteiger partial charge in [-0.15, -0.1) is 0 Å². The Bertz CT molecular complexity index is 1490. The second-order valence-electron chi connectivity index (χ2n) is 10.5. The highest BCUT2D eigenvalue weighted by atomic mass is 19.1. The number of ether oxygens (including phenoxy) is 1. The third kappa shape index (κ3) is 4.63. The Morgan fingerprint density at radius 1 is 1.05 bits per heavy atom. The summed E-state index contributed by atoms with van der Waals surface area (Å²) in [4.78, 5) is 14.1. The fourth-order valence-corrected chi connectivity index (χ4v) is 6.19. The molecule has 2 fully saturated rings. The second kappa shape index (κ2) is 10.2. The Hall–Kier alpha value is -3.57. The fraction of sp³-hybridized carbons (Fsp3) is 0.379. The highest BCUT2D eigenvalue weighted by molar-refractivity contribution is 5.76. The van der Waals surface area contributed by atoms with Gasteiger partial charge >= 0.3 is 0 Å². The highest BCUT2D eigenvalue weighted by Gasteiger charge is 2.29. The molecule has 3 aliphatic heterocycles. The molecule has 202 valence electrons. The van der Waals surface area contributed by atoms with Crippen molar-refractivity contribution in [1.29, 1.82) is 0 Å². The maximum absolute atomic E-state index is 13.7. The van der Waals surface area contributed by atoms with Crippen molar-refractivity contribution in [2.45, 2.75) is 31.7 Å². The third-order valence-corrected chi connectivity index (χ3v) is 8.19. The minimum atomic E-state index is -0.802. The molecule has 0 bridgehead atoms. The number of pyridine rings is 2. The van der Waals surface area contributed by atoms with E-state index >= 15 is 0 Å². The van der Waals surface area contributed by atoms with Crippen LogP contribution in [-0.2, 0) is 11.3 Å². The average molecular weight is 530 g/mol. The molecule has 4 aromatic rings. The van der Waals surface area contributed by atoms with Gasteiger partial charge in [0, 0.05) is 67.8 Å². The first-order valence-corrected chi connectivity index (χ1v) is 13.6. The van der Waals surface area contributed by atoms with E-state index in [1.54, 1.807) is 12.4 Å². The number of morpholine rings is 1. The lowest BCUT2D eigenvalue weighted by Crippen LogP contribution is -2.51. The molecule has 39 heavy (non-hydrogen) atoms. The van der Waals surface area contributed by atoms with Crippen molar-refractivity contribution in [2.75, 3.05) is 49.6 Å². The monoisotopic (exact) mass is 529 g/mol. The van der Waals surface area contributed by atoms with Crippen molar-refractivity contribution in [1.82, 2.24) is 24.6 Å². The summed E-state index contributed by atoms with van der Waals surface area (Å²) >= 11 is 0. The molecule has 3 aromatic heterocycles. The van der Waals surface area contributed by atoms with Crippen LogP contribution in [0.3, 0.4) is 0 Å². The quantitative estimate of drug-likeness (QED) is 0.361. The van der Waals surface area contributed by atoms with Crippen molar-refractivity contribution < 1.29 is 14.2 Å². The van der Waals surface area contributed by atoms with Gasteiger partial charge in [0.05, 0.1) is 37.0 Å². The van der Waals surface area contributed by atoms with Gasteiger partial charge in [-0.3, -0.25) is 14.6 Å². The van der Waals surface area contributed by atoms with Gasteiger partial charge in [-0.1, -0.05) is 6.07 Å². The van der Waals surface area contributed by atoms with Crippen molar-refractivity contribution in [3.8, 4) is 11.3 Å². The fourth-order valence-electron chi connectivity index (χ4n) is 6.19. The molecule has 2 atom stereocenters. The van der Waals surface area contributed by atoms with Crippen LogP contribution in [0.2, 0.25) is 0 Å². The molecular formula is C29H32FN7O2. The van der Waals surface area contributed by atoms with E-state index in [4.69, 9.17) is 9.72 Å². The first-order valence-electron chi connectivity index (χ1n) is 13.6. The Morgan fingerprint density at radius 2 is 1.95 bits per heavy atom. The number of nitrogens with one attached hydrogen (secondary N) is 2. The van der Waals surface area contributed by atoms with Gasteiger partial charge in [-0.05, 0) is 42.7 Å². The molecule has 10 heteroatoms. The van der Waals surface area contributed by atoms with Crippen molar-refractivity contribution in [2.24, 2.45) is 0 Å². The average Bonchev–Trinajstić information content (AvgIpc) is 3.58. The maximum atomic E-state index is 13.7. The van der Waals surface area contributed by atoms with Crippen LogP contribution in [0.1, 0.15) is 30.2 Å². The maximum Gasteiger partial charge on any atom is 0.140 e. The normalized spacial score (nSPS) is 21.8. The summed E-state index contributed by atoms with van der Waals surface area (Å²) in [6.45, 7) is 6.24. The summed E-state index contributed by atoms with van der Waals surface area (Å²) in [5.41, 5.74) is 6.05. The van der Waals surface area contributed by atoms with E-state index < -0.39 is 6.23 Å². The number of piperidine rings is 1. The van der Waals surface area contributed by atoms with Crippen molar-refractivity contribution in [3.63, 3.8) is 0 Å². The lowest BCUT2D eigenvalue weighted by Gasteiger charge is -2.41.